The second-order valence-electron chi connectivity index (χ2n) is 6.62. The predicted molar refractivity (Wildman–Crippen MR) is 99.9 cm³/mol. The molecule has 6 nitrogen and oxygen atoms in total. The Morgan fingerprint density at radius 2 is 2.04 bits per heavy atom. The number of hydrogen-bond acceptors (Lipinski definition) is 4. The van der Waals surface area contributed by atoms with Gasteiger partial charge in [-0.1, -0.05) is 38.3 Å². The van der Waals surface area contributed by atoms with Gasteiger partial charge in [-0.25, -0.2) is 0 Å². The Morgan fingerprint density at radius 3 is 2.84 bits per heavy atom. The molecule has 1 fully saturated rings. The topological polar surface area (TPSA) is 71.6 Å². The van der Waals surface area contributed by atoms with Crippen LogP contribution in [0, 0.1) is 11.8 Å². The van der Waals surface area contributed by atoms with Crippen molar-refractivity contribution in [2.75, 3.05) is 6.79 Å². The van der Waals surface area contributed by atoms with Crippen LogP contribution in [0.2, 0.25) is 5.02 Å². The first kappa shape index (κ1) is 18.1. The smallest absolute Gasteiger partial charge is 0.269 e. The molecule has 3 rings (SSSR count). The lowest BCUT2D eigenvalue weighted by atomic mass is 9.78. The van der Waals surface area contributed by atoms with Gasteiger partial charge in [0.1, 0.15) is 0 Å². The van der Waals surface area contributed by atoms with Gasteiger partial charge >= 0.3 is 0 Å². The Labute approximate surface area is 157 Å². The molecule has 0 bridgehead atoms. The van der Waals surface area contributed by atoms with Crippen LogP contribution >= 0.6 is 23.8 Å². The normalized spacial score (nSPS) is 24.5. The first-order valence-corrected chi connectivity index (χ1v) is 9.20. The summed E-state index contributed by atoms with van der Waals surface area (Å²) in [7, 11) is 0. The third kappa shape index (κ3) is 4.10. The molecule has 0 unspecified atom stereocenters. The van der Waals surface area contributed by atoms with Gasteiger partial charge < -0.3 is 14.8 Å². The molecule has 0 radical (unpaired) electrons. The standard InChI is InChI=1S/C17H22ClN3O3S/c1-9-4-3-5-13(10(9)2)19-17(25)21-20-16(22)11-6-12(18)15-14(7-11)23-8-24-15/h6-7,9-10,13H,3-5,8H2,1-2H3,(H,20,22)(H2,19,21,25)/t9-,10-,13-/m1/s1. The summed E-state index contributed by atoms with van der Waals surface area (Å²) in [5.74, 6) is 1.78. The molecule has 0 saturated heterocycles. The number of carbonyl (C=O) groups is 1. The van der Waals surface area contributed by atoms with Crippen molar-refractivity contribution < 1.29 is 14.3 Å². The highest BCUT2D eigenvalue weighted by atomic mass is 35.5. The van der Waals surface area contributed by atoms with Gasteiger partial charge in [0.2, 0.25) is 6.79 Å². The zero-order valence-electron chi connectivity index (χ0n) is 14.2. The molecule has 1 amide bonds. The van der Waals surface area contributed by atoms with Crippen molar-refractivity contribution in [2.45, 2.75) is 39.2 Å². The van der Waals surface area contributed by atoms with Crippen LogP contribution in [-0.4, -0.2) is 23.9 Å². The van der Waals surface area contributed by atoms with Crippen molar-refractivity contribution in [3.8, 4) is 11.5 Å². The molecule has 1 aromatic carbocycles. The number of ether oxygens (including phenoxy) is 2. The molecular formula is C17H22ClN3O3S. The van der Waals surface area contributed by atoms with Crippen LogP contribution in [0.15, 0.2) is 12.1 Å². The highest BCUT2D eigenvalue weighted by Gasteiger charge is 2.27. The van der Waals surface area contributed by atoms with E-state index in [9.17, 15) is 4.79 Å². The fraction of sp³-hybridized carbons (Fsp3) is 0.529. The number of nitrogens with one attached hydrogen (secondary N) is 3. The number of fused-ring (bicyclic) bond motifs is 1. The molecule has 0 aromatic heterocycles. The zero-order valence-corrected chi connectivity index (χ0v) is 15.8. The van der Waals surface area contributed by atoms with Crippen LogP contribution in [0.25, 0.3) is 0 Å². The maximum Gasteiger partial charge on any atom is 0.269 e. The van der Waals surface area contributed by atoms with Crippen molar-refractivity contribution >= 4 is 34.8 Å². The Hall–Kier alpha value is -1.73. The monoisotopic (exact) mass is 383 g/mol. The molecule has 1 aliphatic carbocycles. The van der Waals surface area contributed by atoms with E-state index in [0.29, 0.717) is 45.1 Å². The predicted octanol–water partition coefficient (Wildman–Crippen LogP) is 3.00. The number of halogens is 1. The van der Waals surface area contributed by atoms with Crippen molar-refractivity contribution in [1.29, 1.82) is 0 Å². The van der Waals surface area contributed by atoms with Gasteiger partial charge in [0.15, 0.2) is 16.6 Å². The Balaban J connectivity index is 1.54. The van der Waals surface area contributed by atoms with Crippen LogP contribution in [0.3, 0.4) is 0 Å². The van der Waals surface area contributed by atoms with E-state index in [1.807, 2.05) is 0 Å². The lowest BCUT2D eigenvalue weighted by Crippen LogP contribution is -2.52. The van der Waals surface area contributed by atoms with Crippen molar-refractivity contribution in [2.24, 2.45) is 11.8 Å². The Kier molecular flexibility index (Phi) is 5.54. The third-order valence-corrected chi connectivity index (χ3v) is 5.50. The third-order valence-electron chi connectivity index (χ3n) is 5.00. The molecular weight excluding hydrogens is 362 g/mol. The molecule has 136 valence electrons. The minimum atomic E-state index is -0.352. The molecule has 25 heavy (non-hydrogen) atoms. The van der Waals surface area contributed by atoms with Gasteiger partial charge in [-0.3, -0.25) is 15.6 Å². The molecule has 1 heterocycles. The van der Waals surface area contributed by atoms with Gasteiger partial charge in [0, 0.05) is 11.6 Å². The van der Waals surface area contributed by atoms with Gasteiger partial charge in [-0.05, 0) is 42.6 Å². The molecule has 3 atom stereocenters. The van der Waals surface area contributed by atoms with E-state index in [0.717, 1.165) is 6.42 Å². The lowest BCUT2D eigenvalue weighted by Gasteiger charge is -2.35. The molecule has 0 spiro atoms. The van der Waals surface area contributed by atoms with Crippen LogP contribution in [0.1, 0.15) is 43.5 Å². The fourth-order valence-corrected chi connectivity index (χ4v) is 3.74. The highest BCUT2D eigenvalue weighted by Crippen LogP contribution is 2.39. The van der Waals surface area contributed by atoms with E-state index in [-0.39, 0.29) is 12.7 Å². The van der Waals surface area contributed by atoms with E-state index in [1.165, 1.54) is 18.9 Å². The first-order valence-electron chi connectivity index (χ1n) is 8.41. The maximum atomic E-state index is 12.3. The molecule has 8 heteroatoms. The minimum absolute atomic E-state index is 0.102. The van der Waals surface area contributed by atoms with Gasteiger partial charge in [0.05, 0.1) is 5.02 Å². The van der Waals surface area contributed by atoms with Crippen LogP contribution in [0.5, 0.6) is 11.5 Å². The van der Waals surface area contributed by atoms with E-state index in [2.05, 4.69) is 30.0 Å². The average molecular weight is 384 g/mol. The summed E-state index contributed by atoms with van der Waals surface area (Å²) in [6, 6.07) is 3.45. The summed E-state index contributed by atoms with van der Waals surface area (Å²) in [5, 5.41) is 4.04. The molecule has 1 aromatic rings. The van der Waals surface area contributed by atoms with Crippen LogP contribution < -0.4 is 25.6 Å². The number of hydrogen-bond donors (Lipinski definition) is 3. The minimum Gasteiger partial charge on any atom is -0.454 e. The Morgan fingerprint density at radius 1 is 1.24 bits per heavy atom. The van der Waals surface area contributed by atoms with Crippen molar-refractivity contribution in [3.63, 3.8) is 0 Å². The number of hydrazine groups is 1. The summed E-state index contributed by atoms with van der Waals surface area (Å²) in [6.45, 7) is 4.60. The molecule has 3 N–H and O–H groups in total. The molecule has 1 saturated carbocycles. The Bertz CT molecular complexity index is 685. The molecule has 1 aliphatic heterocycles. The summed E-state index contributed by atoms with van der Waals surface area (Å²) in [4.78, 5) is 12.3. The summed E-state index contributed by atoms with van der Waals surface area (Å²) in [6.07, 6.45) is 3.52. The first-order chi connectivity index (χ1) is 12.0. The van der Waals surface area contributed by atoms with E-state index in [4.69, 9.17) is 33.3 Å². The number of thiocarbonyl (C=S) groups is 1. The zero-order chi connectivity index (χ0) is 18.0. The number of amides is 1. The van der Waals surface area contributed by atoms with E-state index < -0.39 is 0 Å². The number of rotatable bonds is 2. The van der Waals surface area contributed by atoms with E-state index >= 15 is 0 Å². The molecule has 2 aliphatic rings. The second kappa shape index (κ2) is 7.66. The largest absolute Gasteiger partial charge is 0.454 e. The van der Waals surface area contributed by atoms with Crippen LogP contribution in [-0.2, 0) is 0 Å². The SMILES string of the molecule is C[C@@H]1[C@H](C)CCC[C@H]1NC(=S)NNC(=O)c1cc(Cl)c2c(c1)OCO2. The summed E-state index contributed by atoms with van der Waals surface area (Å²) < 4.78 is 10.5. The fourth-order valence-electron chi connectivity index (χ4n) is 3.27. The van der Waals surface area contributed by atoms with E-state index in [1.54, 1.807) is 6.07 Å². The number of carbonyl (C=O) groups excluding carboxylic acids is 1. The van der Waals surface area contributed by atoms with Crippen molar-refractivity contribution in [1.82, 2.24) is 16.2 Å². The van der Waals surface area contributed by atoms with Crippen LogP contribution in [0.4, 0.5) is 0 Å². The summed E-state index contributed by atoms with van der Waals surface area (Å²) >= 11 is 11.4. The van der Waals surface area contributed by atoms with Gasteiger partial charge in [0.25, 0.3) is 5.91 Å². The summed E-state index contributed by atoms with van der Waals surface area (Å²) in [5.41, 5.74) is 5.71. The van der Waals surface area contributed by atoms with Gasteiger partial charge in [-0.2, -0.15) is 0 Å². The highest BCUT2D eigenvalue weighted by molar-refractivity contribution is 7.80. The number of benzene rings is 1. The average Bonchev–Trinajstić information content (AvgIpc) is 3.06. The van der Waals surface area contributed by atoms with Gasteiger partial charge in [-0.15, -0.1) is 0 Å². The maximum absolute atomic E-state index is 12.3. The van der Waals surface area contributed by atoms with Crippen molar-refractivity contribution in [3.05, 3.63) is 22.7 Å². The second-order valence-corrected chi connectivity index (χ2v) is 7.43. The quantitative estimate of drug-likeness (QED) is 0.538. The lowest BCUT2D eigenvalue weighted by molar-refractivity contribution is 0.0942.